The van der Waals surface area contributed by atoms with Crippen molar-refractivity contribution >= 4 is 17.6 Å². The summed E-state index contributed by atoms with van der Waals surface area (Å²) in [6, 6.07) is 0. The second-order valence-corrected chi connectivity index (χ2v) is 2.56. The first-order valence-corrected chi connectivity index (χ1v) is 4.14. The first kappa shape index (κ1) is 11.6. The molecule has 0 aromatic heterocycles. The highest BCUT2D eigenvalue weighted by molar-refractivity contribution is 6.18. The zero-order valence-electron chi connectivity index (χ0n) is 6.78. The van der Waals surface area contributed by atoms with Gasteiger partial charge >= 0.3 is 5.97 Å². The monoisotopic (exact) mass is 200 g/mol. The van der Waals surface area contributed by atoms with Gasteiger partial charge in [-0.25, -0.2) is 8.78 Å². The molecule has 0 fully saturated rings. The van der Waals surface area contributed by atoms with Crippen LogP contribution in [0.5, 0.6) is 0 Å². The van der Waals surface area contributed by atoms with E-state index >= 15 is 0 Å². The predicted molar refractivity (Wildman–Crippen MR) is 41.5 cm³/mol. The maximum absolute atomic E-state index is 12.4. The minimum atomic E-state index is -2.96. The Balaban J connectivity index is 3.60. The third kappa shape index (κ3) is 5.29. The fourth-order valence-corrected chi connectivity index (χ4v) is 0.719. The van der Waals surface area contributed by atoms with E-state index in [-0.39, 0.29) is 13.0 Å². The van der Waals surface area contributed by atoms with Crippen LogP contribution < -0.4 is 0 Å². The molecule has 0 saturated carbocycles. The average Bonchev–Trinajstić information content (AvgIpc) is 2.02. The van der Waals surface area contributed by atoms with E-state index in [1.165, 1.54) is 0 Å². The molecule has 5 heteroatoms. The van der Waals surface area contributed by atoms with E-state index in [0.717, 1.165) is 0 Å². The van der Waals surface area contributed by atoms with Gasteiger partial charge in [0.1, 0.15) is 0 Å². The summed E-state index contributed by atoms with van der Waals surface area (Å²) in [6.45, 7) is 1.84. The van der Waals surface area contributed by atoms with Crippen molar-refractivity contribution in [1.82, 2.24) is 0 Å². The number of carbonyl (C=O) groups is 1. The van der Waals surface area contributed by atoms with Crippen LogP contribution in [0.4, 0.5) is 8.78 Å². The number of halogens is 3. The number of esters is 1. The molecule has 0 spiro atoms. The van der Waals surface area contributed by atoms with Gasteiger partial charge in [0.25, 0.3) is 5.92 Å². The minimum absolute atomic E-state index is 0.214. The van der Waals surface area contributed by atoms with Gasteiger partial charge in [-0.05, 0) is 6.92 Å². The summed E-state index contributed by atoms with van der Waals surface area (Å²) in [4.78, 5) is 10.6. The number of carbonyl (C=O) groups excluding carboxylic acids is 1. The van der Waals surface area contributed by atoms with E-state index in [1.807, 2.05) is 0 Å². The van der Waals surface area contributed by atoms with Crippen LogP contribution in [0.2, 0.25) is 0 Å². The lowest BCUT2D eigenvalue weighted by Crippen LogP contribution is -2.20. The highest BCUT2D eigenvalue weighted by atomic mass is 35.5. The summed E-state index contributed by atoms with van der Waals surface area (Å²) in [7, 11) is 0. The van der Waals surface area contributed by atoms with Crippen molar-refractivity contribution in [2.75, 3.05) is 12.5 Å². The highest BCUT2D eigenvalue weighted by Gasteiger charge is 2.28. The zero-order chi connectivity index (χ0) is 9.61. The average molecular weight is 201 g/mol. The molecule has 0 rings (SSSR count). The largest absolute Gasteiger partial charge is 0.466 e. The molecule has 0 bridgehead atoms. The molecule has 0 unspecified atom stereocenters. The Labute approximate surface area is 74.8 Å². The first-order chi connectivity index (χ1) is 5.52. The predicted octanol–water partition coefficient (Wildman–Crippen LogP) is 2.20. The number of rotatable bonds is 5. The van der Waals surface area contributed by atoms with E-state index in [4.69, 9.17) is 11.6 Å². The third-order valence-corrected chi connectivity index (χ3v) is 1.59. The van der Waals surface area contributed by atoms with Crippen LogP contribution in [0.25, 0.3) is 0 Å². The van der Waals surface area contributed by atoms with Gasteiger partial charge in [-0.1, -0.05) is 0 Å². The number of ether oxygens (including phenoxy) is 1. The lowest BCUT2D eigenvalue weighted by atomic mass is 10.2. The van der Waals surface area contributed by atoms with Crippen LogP contribution in [0.1, 0.15) is 19.8 Å². The summed E-state index contributed by atoms with van der Waals surface area (Å²) in [6.07, 6.45) is -0.830. The summed E-state index contributed by atoms with van der Waals surface area (Å²) in [5.74, 6) is -4.33. The van der Waals surface area contributed by atoms with Gasteiger partial charge in [-0.3, -0.25) is 4.79 Å². The Morgan fingerprint density at radius 3 is 2.58 bits per heavy atom. The Hall–Kier alpha value is -0.380. The van der Waals surface area contributed by atoms with Gasteiger partial charge < -0.3 is 4.74 Å². The molecule has 0 aliphatic heterocycles. The fraction of sp³-hybridized carbons (Fsp3) is 0.857. The van der Waals surface area contributed by atoms with E-state index in [2.05, 4.69) is 4.74 Å². The summed E-state index contributed by atoms with van der Waals surface area (Å²) < 4.78 is 29.3. The maximum Gasteiger partial charge on any atom is 0.305 e. The van der Waals surface area contributed by atoms with Crippen molar-refractivity contribution in [1.29, 1.82) is 0 Å². The van der Waals surface area contributed by atoms with Crippen molar-refractivity contribution in [3.63, 3.8) is 0 Å². The molecule has 0 aliphatic carbocycles. The smallest absolute Gasteiger partial charge is 0.305 e. The first-order valence-electron chi connectivity index (χ1n) is 3.61. The van der Waals surface area contributed by atoms with Crippen LogP contribution >= 0.6 is 11.6 Å². The molecule has 0 amide bonds. The van der Waals surface area contributed by atoms with Gasteiger partial charge in [0.05, 0.1) is 18.9 Å². The molecule has 0 aliphatic rings. The van der Waals surface area contributed by atoms with Crippen molar-refractivity contribution in [3.8, 4) is 0 Å². The topological polar surface area (TPSA) is 26.3 Å². The van der Waals surface area contributed by atoms with Crippen LogP contribution in [0.3, 0.4) is 0 Å². The zero-order valence-corrected chi connectivity index (χ0v) is 7.53. The SMILES string of the molecule is CCOC(=O)CCC(F)(F)CCl. The number of hydrogen-bond acceptors (Lipinski definition) is 2. The maximum atomic E-state index is 12.4. The Morgan fingerprint density at radius 1 is 1.58 bits per heavy atom. The second kappa shape index (κ2) is 5.30. The Morgan fingerprint density at radius 2 is 2.17 bits per heavy atom. The number of alkyl halides is 3. The van der Waals surface area contributed by atoms with E-state index in [9.17, 15) is 13.6 Å². The molecule has 0 N–H and O–H groups in total. The van der Waals surface area contributed by atoms with E-state index in [0.29, 0.717) is 0 Å². The van der Waals surface area contributed by atoms with Crippen LogP contribution in [-0.4, -0.2) is 24.4 Å². The van der Waals surface area contributed by atoms with Gasteiger partial charge in [-0.15, -0.1) is 11.6 Å². The molecule has 12 heavy (non-hydrogen) atoms. The third-order valence-electron chi connectivity index (χ3n) is 1.20. The standard InChI is InChI=1S/C7H11ClF2O2/c1-2-12-6(11)3-4-7(9,10)5-8/h2-5H2,1H3. The van der Waals surface area contributed by atoms with Crippen LogP contribution in [0, 0.1) is 0 Å². The molecule has 0 saturated heterocycles. The molecule has 0 aromatic carbocycles. The van der Waals surface area contributed by atoms with Crippen LogP contribution in [0.15, 0.2) is 0 Å². The quantitative estimate of drug-likeness (QED) is 0.503. The molecule has 0 aromatic rings. The molecule has 0 radical (unpaired) electrons. The summed E-state index contributed by atoms with van der Waals surface area (Å²) in [5.41, 5.74) is 0. The Kier molecular flexibility index (Phi) is 5.13. The van der Waals surface area contributed by atoms with Crippen molar-refractivity contribution < 1.29 is 18.3 Å². The Bertz CT molecular complexity index is 150. The fourth-order valence-electron chi connectivity index (χ4n) is 0.585. The molecule has 2 nitrogen and oxygen atoms in total. The second-order valence-electron chi connectivity index (χ2n) is 2.29. The normalized spacial score (nSPS) is 11.3. The van der Waals surface area contributed by atoms with Gasteiger partial charge in [-0.2, -0.15) is 0 Å². The minimum Gasteiger partial charge on any atom is -0.466 e. The van der Waals surface area contributed by atoms with Gasteiger partial charge in [0.2, 0.25) is 0 Å². The van der Waals surface area contributed by atoms with Crippen molar-refractivity contribution in [2.45, 2.75) is 25.7 Å². The molecule has 0 atom stereocenters. The summed E-state index contributed by atoms with van der Waals surface area (Å²) >= 11 is 4.95. The van der Waals surface area contributed by atoms with E-state index < -0.39 is 24.2 Å². The van der Waals surface area contributed by atoms with Gasteiger partial charge in [0.15, 0.2) is 0 Å². The summed E-state index contributed by atoms with van der Waals surface area (Å²) in [5, 5.41) is 0. The van der Waals surface area contributed by atoms with Crippen molar-refractivity contribution in [3.05, 3.63) is 0 Å². The van der Waals surface area contributed by atoms with E-state index in [1.54, 1.807) is 6.92 Å². The van der Waals surface area contributed by atoms with Crippen molar-refractivity contribution in [2.24, 2.45) is 0 Å². The number of hydrogen-bond donors (Lipinski definition) is 0. The van der Waals surface area contributed by atoms with Gasteiger partial charge in [0, 0.05) is 6.42 Å². The molecular weight excluding hydrogens is 190 g/mol. The molecule has 72 valence electrons. The molecule has 0 heterocycles. The lowest BCUT2D eigenvalue weighted by molar-refractivity contribution is -0.144. The molecular formula is C7H11ClF2O2. The highest BCUT2D eigenvalue weighted by Crippen LogP contribution is 2.21. The van der Waals surface area contributed by atoms with Crippen LogP contribution in [-0.2, 0) is 9.53 Å². The lowest BCUT2D eigenvalue weighted by Gasteiger charge is -2.11.